The molecule has 0 unspecified atom stereocenters. The van der Waals surface area contributed by atoms with Gasteiger partial charge in [-0.2, -0.15) is 0 Å². The van der Waals surface area contributed by atoms with Crippen LogP contribution in [0.5, 0.6) is 5.75 Å². The molecule has 0 saturated heterocycles. The first-order valence-electron chi connectivity index (χ1n) is 6.57. The van der Waals surface area contributed by atoms with Gasteiger partial charge in [0.05, 0.1) is 0 Å². The second-order valence-corrected chi connectivity index (χ2v) is 5.49. The van der Waals surface area contributed by atoms with Crippen LogP contribution < -0.4 is 10.5 Å². The van der Waals surface area contributed by atoms with Crippen LogP contribution in [0.1, 0.15) is 27.8 Å². The Morgan fingerprint density at radius 2 is 1.60 bits per heavy atom. The number of aryl methyl sites for hydroxylation is 3. The number of ether oxygens (including phenoxy) is 1. The average molecular weight is 285 g/mol. The predicted molar refractivity (Wildman–Crippen MR) is 87.3 cm³/mol. The summed E-state index contributed by atoms with van der Waals surface area (Å²) in [6.45, 7) is 6.92. The minimum absolute atomic E-state index is 0.404. The molecule has 0 aliphatic rings. The van der Waals surface area contributed by atoms with Gasteiger partial charge in [0, 0.05) is 5.56 Å². The smallest absolute Gasteiger partial charge is 0.119 e. The fourth-order valence-corrected chi connectivity index (χ4v) is 2.44. The number of thiocarbonyl (C=S) groups is 1. The van der Waals surface area contributed by atoms with Crippen molar-refractivity contribution >= 4 is 17.2 Å². The molecular weight excluding hydrogens is 266 g/mol. The van der Waals surface area contributed by atoms with E-state index in [1.54, 1.807) is 0 Å². The van der Waals surface area contributed by atoms with E-state index in [1.807, 2.05) is 24.3 Å². The van der Waals surface area contributed by atoms with Crippen molar-refractivity contribution in [2.45, 2.75) is 27.4 Å². The minimum atomic E-state index is 0.404. The van der Waals surface area contributed by atoms with Crippen molar-refractivity contribution in [3.63, 3.8) is 0 Å². The van der Waals surface area contributed by atoms with Gasteiger partial charge in [-0.15, -0.1) is 0 Å². The van der Waals surface area contributed by atoms with E-state index in [0.717, 1.165) is 11.3 Å². The van der Waals surface area contributed by atoms with E-state index in [9.17, 15) is 0 Å². The molecule has 0 amide bonds. The molecule has 0 saturated carbocycles. The zero-order valence-electron chi connectivity index (χ0n) is 12.1. The summed E-state index contributed by atoms with van der Waals surface area (Å²) in [5.74, 6) is 0.823. The van der Waals surface area contributed by atoms with E-state index in [-0.39, 0.29) is 0 Å². The van der Waals surface area contributed by atoms with Gasteiger partial charge < -0.3 is 10.5 Å². The van der Waals surface area contributed by atoms with Gasteiger partial charge >= 0.3 is 0 Å². The van der Waals surface area contributed by atoms with Crippen molar-refractivity contribution in [2.24, 2.45) is 5.73 Å². The van der Waals surface area contributed by atoms with Gasteiger partial charge in [0.25, 0.3) is 0 Å². The lowest BCUT2D eigenvalue weighted by Gasteiger charge is -2.13. The molecular formula is C17H19NOS. The average Bonchev–Trinajstić information content (AvgIpc) is 2.38. The lowest BCUT2D eigenvalue weighted by molar-refractivity contribution is 0.304. The molecule has 0 bridgehead atoms. The largest absolute Gasteiger partial charge is 0.489 e. The Hall–Kier alpha value is -1.87. The maximum absolute atomic E-state index is 5.84. The number of benzene rings is 2. The van der Waals surface area contributed by atoms with Crippen molar-refractivity contribution < 1.29 is 4.74 Å². The molecule has 2 aromatic carbocycles. The third-order valence-electron chi connectivity index (χ3n) is 3.36. The molecule has 0 atom stereocenters. The third kappa shape index (κ3) is 3.36. The van der Waals surface area contributed by atoms with E-state index < -0.39 is 0 Å². The molecule has 2 N–H and O–H groups in total. The molecule has 2 aromatic rings. The highest BCUT2D eigenvalue weighted by Gasteiger charge is 2.05. The molecule has 20 heavy (non-hydrogen) atoms. The topological polar surface area (TPSA) is 35.2 Å². The second-order valence-electron chi connectivity index (χ2n) is 5.05. The van der Waals surface area contributed by atoms with Gasteiger partial charge in [-0.3, -0.25) is 0 Å². The van der Waals surface area contributed by atoms with E-state index in [0.29, 0.717) is 11.6 Å². The molecule has 2 rings (SSSR count). The molecule has 0 fully saturated rings. The molecule has 0 aliphatic carbocycles. The van der Waals surface area contributed by atoms with Crippen molar-refractivity contribution in [3.05, 3.63) is 64.2 Å². The zero-order valence-corrected chi connectivity index (χ0v) is 12.9. The highest BCUT2D eigenvalue weighted by molar-refractivity contribution is 7.80. The van der Waals surface area contributed by atoms with Crippen molar-refractivity contribution in [1.29, 1.82) is 0 Å². The Kier molecular flexibility index (Phi) is 4.40. The molecule has 0 aliphatic heterocycles. The maximum Gasteiger partial charge on any atom is 0.119 e. The van der Waals surface area contributed by atoms with Crippen LogP contribution in [0.2, 0.25) is 0 Å². The predicted octanol–water partition coefficient (Wildman–Crippen LogP) is 3.83. The van der Waals surface area contributed by atoms with Crippen LogP contribution in [0.3, 0.4) is 0 Å². The summed E-state index contributed by atoms with van der Waals surface area (Å²) < 4.78 is 5.84. The number of rotatable bonds is 4. The summed E-state index contributed by atoms with van der Waals surface area (Å²) in [7, 11) is 0. The van der Waals surface area contributed by atoms with E-state index in [4.69, 9.17) is 22.7 Å². The van der Waals surface area contributed by atoms with Crippen LogP contribution in [0, 0.1) is 20.8 Å². The Morgan fingerprint density at radius 1 is 1.05 bits per heavy atom. The molecule has 0 aromatic heterocycles. The van der Waals surface area contributed by atoms with Crippen LogP contribution in [0.15, 0.2) is 36.4 Å². The molecule has 2 nitrogen and oxygen atoms in total. The molecule has 104 valence electrons. The van der Waals surface area contributed by atoms with Gasteiger partial charge in [0.1, 0.15) is 17.3 Å². The standard InChI is InChI=1S/C17H19NOS/c1-11-8-12(2)16(13(3)9-11)10-19-15-6-4-14(5-7-15)17(18)20/h4-9H,10H2,1-3H3,(H2,18,20). The number of hydrogen-bond donors (Lipinski definition) is 1. The van der Waals surface area contributed by atoms with Gasteiger partial charge in [-0.25, -0.2) is 0 Å². The van der Waals surface area contributed by atoms with Crippen LogP contribution in [-0.4, -0.2) is 4.99 Å². The van der Waals surface area contributed by atoms with Crippen LogP contribution in [0.4, 0.5) is 0 Å². The molecule has 3 heteroatoms. The Balaban J connectivity index is 2.11. The van der Waals surface area contributed by atoms with E-state index in [2.05, 4.69) is 32.9 Å². The van der Waals surface area contributed by atoms with Crippen LogP contribution in [0.25, 0.3) is 0 Å². The summed E-state index contributed by atoms with van der Waals surface area (Å²) >= 11 is 4.93. The van der Waals surface area contributed by atoms with E-state index in [1.165, 1.54) is 22.3 Å². The number of nitrogens with two attached hydrogens (primary N) is 1. The second kappa shape index (κ2) is 6.06. The van der Waals surface area contributed by atoms with Crippen LogP contribution >= 0.6 is 12.2 Å². The number of hydrogen-bond acceptors (Lipinski definition) is 2. The first-order chi connectivity index (χ1) is 9.47. The van der Waals surface area contributed by atoms with Gasteiger partial charge in [0.2, 0.25) is 0 Å². The monoisotopic (exact) mass is 285 g/mol. The molecule has 0 heterocycles. The molecule has 0 spiro atoms. The quantitative estimate of drug-likeness (QED) is 0.867. The van der Waals surface area contributed by atoms with Crippen molar-refractivity contribution in [1.82, 2.24) is 0 Å². The Bertz CT molecular complexity index is 609. The minimum Gasteiger partial charge on any atom is -0.489 e. The summed E-state index contributed by atoms with van der Waals surface area (Å²) in [5.41, 5.74) is 11.5. The van der Waals surface area contributed by atoms with Gasteiger partial charge in [0.15, 0.2) is 0 Å². The first-order valence-corrected chi connectivity index (χ1v) is 6.97. The maximum atomic E-state index is 5.84. The first kappa shape index (κ1) is 14.5. The fraction of sp³-hybridized carbons (Fsp3) is 0.235. The lowest BCUT2D eigenvalue weighted by atomic mass is 10.0. The van der Waals surface area contributed by atoms with Gasteiger partial charge in [-0.1, -0.05) is 29.9 Å². The van der Waals surface area contributed by atoms with Crippen molar-refractivity contribution in [2.75, 3.05) is 0 Å². The SMILES string of the molecule is Cc1cc(C)c(COc2ccc(C(N)=S)cc2)c(C)c1. The Labute approximate surface area is 125 Å². The lowest BCUT2D eigenvalue weighted by Crippen LogP contribution is -2.08. The third-order valence-corrected chi connectivity index (χ3v) is 3.60. The highest BCUT2D eigenvalue weighted by Crippen LogP contribution is 2.20. The Morgan fingerprint density at radius 3 is 2.10 bits per heavy atom. The zero-order chi connectivity index (χ0) is 14.7. The molecule has 0 radical (unpaired) electrons. The summed E-state index contributed by atoms with van der Waals surface area (Å²) in [5, 5.41) is 0. The summed E-state index contributed by atoms with van der Waals surface area (Å²) in [6, 6.07) is 11.9. The van der Waals surface area contributed by atoms with E-state index >= 15 is 0 Å². The van der Waals surface area contributed by atoms with Crippen molar-refractivity contribution in [3.8, 4) is 5.75 Å². The highest BCUT2D eigenvalue weighted by atomic mass is 32.1. The fourth-order valence-electron chi connectivity index (χ4n) is 2.31. The normalized spacial score (nSPS) is 10.3. The summed E-state index contributed by atoms with van der Waals surface area (Å²) in [6.07, 6.45) is 0. The summed E-state index contributed by atoms with van der Waals surface area (Å²) in [4.78, 5) is 0.404. The van der Waals surface area contributed by atoms with Crippen LogP contribution in [-0.2, 0) is 6.61 Å². The van der Waals surface area contributed by atoms with Gasteiger partial charge in [-0.05, 0) is 61.7 Å².